The fraction of sp³-hybridized carbons (Fsp3) is 0.438. The molecule has 1 fully saturated rings. The van der Waals surface area contributed by atoms with Crippen LogP contribution in [0.3, 0.4) is 0 Å². The van der Waals surface area contributed by atoms with Crippen molar-refractivity contribution in [1.82, 2.24) is 10.3 Å². The van der Waals surface area contributed by atoms with E-state index in [2.05, 4.69) is 22.4 Å². The Morgan fingerprint density at radius 1 is 1.10 bits per heavy atom. The molecule has 1 saturated heterocycles. The molecule has 0 bridgehead atoms. The average molecular weight is 272 g/mol. The fourth-order valence-electron chi connectivity index (χ4n) is 2.98. The van der Waals surface area contributed by atoms with E-state index >= 15 is 0 Å². The van der Waals surface area contributed by atoms with Gasteiger partial charge in [0, 0.05) is 17.6 Å². The Kier molecular flexibility index (Phi) is 3.74. The minimum absolute atomic E-state index is 0.597. The molecule has 0 radical (unpaired) electrons. The van der Waals surface area contributed by atoms with Gasteiger partial charge in [-0.1, -0.05) is 0 Å². The van der Waals surface area contributed by atoms with Crippen molar-refractivity contribution >= 4 is 10.9 Å². The molecule has 20 heavy (non-hydrogen) atoms. The molecule has 0 unspecified atom stereocenters. The third kappa shape index (κ3) is 2.31. The van der Waals surface area contributed by atoms with Crippen LogP contribution in [0.4, 0.5) is 0 Å². The van der Waals surface area contributed by atoms with E-state index in [9.17, 15) is 0 Å². The predicted octanol–water partition coefficient (Wildman–Crippen LogP) is 2.72. The molecule has 0 spiro atoms. The van der Waals surface area contributed by atoms with E-state index in [-0.39, 0.29) is 0 Å². The Morgan fingerprint density at radius 3 is 2.50 bits per heavy atom. The molecule has 1 aliphatic rings. The van der Waals surface area contributed by atoms with Crippen LogP contribution < -0.4 is 14.8 Å². The smallest absolute Gasteiger partial charge is 0.162 e. The van der Waals surface area contributed by atoms with Crippen LogP contribution in [0.2, 0.25) is 0 Å². The standard InChI is InChI=1S/C16H20N2O2/c1-19-15-9-13-12(11-3-6-17-7-4-11)5-8-18-14(13)10-16(15)20-2/h5,8-11,17H,3-4,6-7H2,1-2H3. The first-order chi connectivity index (χ1) is 9.83. The molecule has 106 valence electrons. The van der Waals surface area contributed by atoms with Crippen LogP contribution in [-0.4, -0.2) is 32.3 Å². The van der Waals surface area contributed by atoms with Gasteiger partial charge in [0.25, 0.3) is 0 Å². The van der Waals surface area contributed by atoms with Crippen molar-refractivity contribution in [3.05, 3.63) is 30.0 Å². The highest BCUT2D eigenvalue weighted by atomic mass is 16.5. The number of fused-ring (bicyclic) bond motifs is 1. The summed E-state index contributed by atoms with van der Waals surface area (Å²) in [5, 5.41) is 4.59. The predicted molar refractivity (Wildman–Crippen MR) is 79.7 cm³/mol. The number of pyridine rings is 1. The maximum absolute atomic E-state index is 5.42. The molecular formula is C16H20N2O2. The van der Waals surface area contributed by atoms with E-state index in [0.29, 0.717) is 5.92 Å². The number of methoxy groups -OCH3 is 2. The summed E-state index contributed by atoms with van der Waals surface area (Å²) < 4.78 is 10.8. The molecule has 1 aromatic heterocycles. The van der Waals surface area contributed by atoms with Gasteiger partial charge in [0.2, 0.25) is 0 Å². The average Bonchev–Trinajstić information content (AvgIpc) is 2.53. The van der Waals surface area contributed by atoms with Gasteiger partial charge in [0.1, 0.15) is 0 Å². The molecular weight excluding hydrogens is 252 g/mol. The topological polar surface area (TPSA) is 43.4 Å². The summed E-state index contributed by atoms with van der Waals surface area (Å²) >= 11 is 0. The zero-order chi connectivity index (χ0) is 13.9. The van der Waals surface area contributed by atoms with Gasteiger partial charge in [-0.3, -0.25) is 4.98 Å². The molecule has 2 aromatic rings. The van der Waals surface area contributed by atoms with E-state index in [1.54, 1.807) is 14.2 Å². The summed E-state index contributed by atoms with van der Waals surface area (Å²) in [4.78, 5) is 4.47. The molecule has 3 rings (SSSR count). The van der Waals surface area contributed by atoms with E-state index in [0.717, 1.165) is 30.1 Å². The van der Waals surface area contributed by atoms with E-state index < -0.39 is 0 Å². The number of nitrogens with one attached hydrogen (secondary N) is 1. The van der Waals surface area contributed by atoms with Crippen LogP contribution in [0.25, 0.3) is 10.9 Å². The third-order valence-corrected chi connectivity index (χ3v) is 4.06. The lowest BCUT2D eigenvalue weighted by Gasteiger charge is -2.24. The minimum Gasteiger partial charge on any atom is -0.493 e. The normalized spacial score (nSPS) is 16.3. The summed E-state index contributed by atoms with van der Waals surface area (Å²) in [7, 11) is 3.32. The van der Waals surface area contributed by atoms with Crippen molar-refractivity contribution in [2.24, 2.45) is 0 Å². The molecule has 0 atom stereocenters. The van der Waals surface area contributed by atoms with Gasteiger partial charge in [0.05, 0.1) is 19.7 Å². The highest BCUT2D eigenvalue weighted by Gasteiger charge is 2.19. The molecule has 4 nitrogen and oxygen atoms in total. The highest BCUT2D eigenvalue weighted by molar-refractivity contribution is 5.86. The van der Waals surface area contributed by atoms with Crippen LogP contribution in [0.5, 0.6) is 11.5 Å². The van der Waals surface area contributed by atoms with Gasteiger partial charge >= 0.3 is 0 Å². The number of piperidine rings is 1. The number of ether oxygens (including phenoxy) is 2. The first kappa shape index (κ1) is 13.2. The Morgan fingerprint density at radius 2 is 1.80 bits per heavy atom. The lowest BCUT2D eigenvalue weighted by atomic mass is 9.88. The molecule has 1 N–H and O–H groups in total. The monoisotopic (exact) mass is 272 g/mol. The molecule has 4 heteroatoms. The minimum atomic E-state index is 0.597. The quantitative estimate of drug-likeness (QED) is 0.933. The molecule has 2 heterocycles. The lowest BCUT2D eigenvalue weighted by molar-refractivity contribution is 0.355. The summed E-state index contributed by atoms with van der Waals surface area (Å²) in [6.07, 6.45) is 4.24. The first-order valence-electron chi connectivity index (χ1n) is 7.05. The second-order valence-electron chi connectivity index (χ2n) is 5.15. The number of aromatic nitrogens is 1. The second kappa shape index (κ2) is 5.67. The SMILES string of the molecule is COc1cc2nccc(C3CCNCC3)c2cc1OC. The Balaban J connectivity index is 2.12. The number of nitrogens with zero attached hydrogens (tertiary/aromatic N) is 1. The maximum Gasteiger partial charge on any atom is 0.162 e. The van der Waals surface area contributed by atoms with Crippen molar-refractivity contribution in [3.8, 4) is 11.5 Å². The van der Waals surface area contributed by atoms with Gasteiger partial charge in [-0.05, 0) is 49.5 Å². The first-order valence-corrected chi connectivity index (χ1v) is 7.05. The Labute approximate surface area is 119 Å². The van der Waals surface area contributed by atoms with Gasteiger partial charge in [0.15, 0.2) is 11.5 Å². The molecule has 1 aromatic carbocycles. The van der Waals surface area contributed by atoms with Gasteiger partial charge in [-0.15, -0.1) is 0 Å². The van der Waals surface area contributed by atoms with Crippen LogP contribution >= 0.6 is 0 Å². The van der Waals surface area contributed by atoms with Crippen molar-refractivity contribution in [1.29, 1.82) is 0 Å². The summed E-state index contributed by atoms with van der Waals surface area (Å²) in [6, 6.07) is 6.15. The Hall–Kier alpha value is -1.81. The van der Waals surface area contributed by atoms with E-state index in [4.69, 9.17) is 9.47 Å². The molecule has 0 amide bonds. The number of hydrogen-bond donors (Lipinski definition) is 1. The van der Waals surface area contributed by atoms with Crippen LogP contribution in [0.15, 0.2) is 24.4 Å². The van der Waals surface area contributed by atoms with Gasteiger partial charge < -0.3 is 14.8 Å². The molecule has 1 aliphatic heterocycles. The summed E-state index contributed by atoms with van der Waals surface area (Å²) in [6.45, 7) is 2.17. The summed E-state index contributed by atoms with van der Waals surface area (Å²) in [5.41, 5.74) is 2.34. The molecule has 0 saturated carbocycles. The van der Waals surface area contributed by atoms with Crippen molar-refractivity contribution < 1.29 is 9.47 Å². The summed E-state index contributed by atoms with van der Waals surface area (Å²) in [5.74, 6) is 2.10. The van der Waals surface area contributed by atoms with Crippen molar-refractivity contribution in [2.75, 3.05) is 27.3 Å². The maximum atomic E-state index is 5.42. The van der Waals surface area contributed by atoms with Crippen molar-refractivity contribution in [3.63, 3.8) is 0 Å². The largest absolute Gasteiger partial charge is 0.493 e. The number of benzene rings is 1. The molecule has 0 aliphatic carbocycles. The van der Waals surface area contributed by atoms with E-state index in [1.165, 1.54) is 23.8 Å². The lowest BCUT2D eigenvalue weighted by Crippen LogP contribution is -2.26. The van der Waals surface area contributed by atoms with Gasteiger partial charge in [-0.25, -0.2) is 0 Å². The van der Waals surface area contributed by atoms with Crippen LogP contribution in [0.1, 0.15) is 24.3 Å². The Bertz CT molecular complexity index is 607. The highest BCUT2D eigenvalue weighted by Crippen LogP contribution is 2.36. The third-order valence-electron chi connectivity index (χ3n) is 4.06. The zero-order valence-corrected chi connectivity index (χ0v) is 12.0. The van der Waals surface area contributed by atoms with Crippen LogP contribution in [0, 0.1) is 0 Å². The van der Waals surface area contributed by atoms with Crippen molar-refractivity contribution in [2.45, 2.75) is 18.8 Å². The number of hydrogen-bond acceptors (Lipinski definition) is 4. The zero-order valence-electron chi connectivity index (χ0n) is 12.0. The second-order valence-corrected chi connectivity index (χ2v) is 5.15. The number of rotatable bonds is 3. The van der Waals surface area contributed by atoms with Crippen LogP contribution in [-0.2, 0) is 0 Å². The van der Waals surface area contributed by atoms with Gasteiger partial charge in [-0.2, -0.15) is 0 Å². The fourth-order valence-corrected chi connectivity index (χ4v) is 2.98. The van der Waals surface area contributed by atoms with E-state index in [1.807, 2.05) is 12.3 Å².